The van der Waals surface area contributed by atoms with Gasteiger partial charge in [-0.1, -0.05) is 36.4 Å². The van der Waals surface area contributed by atoms with Gasteiger partial charge in [-0.05, 0) is 23.3 Å². The van der Waals surface area contributed by atoms with Crippen molar-refractivity contribution < 1.29 is 9.59 Å². The van der Waals surface area contributed by atoms with E-state index in [1.54, 1.807) is 48.5 Å². The topological polar surface area (TPSA) is 156 Å². The molecule has 30 heavy (non-hydrogen) atoms. The van der Waals surface area contributed by atoms with E-state index in [0.717, 1.165) is 0 Å². The van der Waals surface area contributed by atoms with Crippen LogP contribution in [-0.4, -0.2) is 11.8 Å². The van der Waals surface area contributed by atoms with E-state index in [2.05, 4.69) is 10.6 Å². The highest BCUT2D eigenvalue weighted by atomic mass is 16.2. The summed E-state index contributed by atoms with van der Waals surface area (Å²) in [6.07, 6.45) is 0. The summed E-state index contributed by atoms with van der Waals surface area (Å²) < 4.78 is 0. The number of para-hydroxylation sites is 2. The molecular formula is C22H12N6O2. The summed E-state index contributed by atoms with van der Waals surface area (Å²) in [5.74, 6) is -1.41. The molecule has 5 rings (SSSR count). The van der Waals surface area contributed by atoms with Crippen LogP contribution in [0, 0.1) is 39.4 Å². The minimum Gasteiger partial charge on any atom is -0.399 e. The molecule has 2 amide bonds. The van der Waals surface area contributed by atoms with Crippen molar-refractivity contribution in [1.82, 2.24) is 0 Å². The van der Waals surface area contributed by atoms with Gasteiger partial charge >= 0.3 is 0 Å². The zero-order valence-electron chi connectivity index (χ0n) is 15.4. The Labute approximate surface area is 170 Å². The molecule has 2 atom stereocenters. The van der Waals surface area contributed by atoms with Crippen LogP contribution >= 0.6 is 0 Å². The Morgan fingerprint density at radius 3 is 1.93 bits per heavy atom. The van der Waals surface area contributed by atoms with Crippen molar-refractivity contribution >= 4 is 23.2 Å². The quantitative estimate of drug-likeness (QED) is 0.617. The minimum atomic E-state index is -2.27. The summed E-state index contributed by atoms with van der Waals surface area (Å²) in [5, 5.41) is 36.0. The second-order valence-electron chi connectivity index (χ2n) is 7.37. The molecule has 142 valence electrons. The normalized spacial score (nSPS) is 27.1. The molecule has 4 N–H and O–H groups in total. The number of nitrogens with zero attached hydrogens (tertiary/aromatic N) is 3. The van der Waals surface area contributed by atoms with Gasteiger partial charge in [0.05, 0.1) is 29.5 Å². The van der Waals surface area contributed by atoms with Crippen LogP contribution in [0.2, 0.25) is 0 Å². The first-order chi connectivity index (χ1) is 14.5. The summed E-state index contributed by atoms with van der Waals surface area (Å²) >= 11 is 0. The highest BCUT2D eigenvalue weighted by Crippen LogP contribution is 2.70. The first kappa shape index (κ1) is 17.5. The Morgan fingerprint density at radius 1 is 0.800 bits per heavy atom. The van der Waals surface area contributed by atoms with Crippen LogP contribution in [0.25, 0.3) is 0 Å². The molecule has 0 radical (unpaired) electrons. The molecule has 2 aromatic rings. The lowest BCUT2D eigenvalue weighted by Crippen LogP contribution is -2.62. The van der Waals surface area contributed by atoms with Gasteiger partial charge in [-0.15, -0.1) is 0 Å². The molecule has 2 aliphatic heterocycles. The smallest absolute Gasteiger partial charge is 0.242 e. The molecule has 0 unspecified atom stereocenters. The van der Waals surface area contributed by atoms with E-state index >= 15 is 0 Å². The molecule has 1 aliphatic carbocycles. The van der Waals surface area contributed by atoms with Crippen molar-refractivity contribution in [3.63, 3.8) is 0 Å². The van der Waals surface area contributed by atoms with Crippen molar-refractivity contribution in [3.05, 3.63) is 70.9 Å². The maximum Gasteiger partial charge on any atom is 0.242 e. The Kier molecular flexibility index (Phi) is 3.06. The fourth-order valence-electron chi connectivity index (χ4n) is 5.40. The molecule has 0 saturated carbocycles. The molecule has 8 nitrogen and oxygen atoms in total. The number of nitrogens with one attached hydrogen (secondary N) is 2. The van der Waals surface area contributed by atoms with Gasteiger partial charge in [0, 0.05) is 11.4 Å². The van der Waals surface area contributed by atoms with Crippen LogP contribution in [0.1, 0.15) is 11.1 Å². The van der Waals surface area contributed by atoms with E-state index in [1.165, 1.54) is 0 Å². The Morgan fingerprint density at radius 2 is 1.33 bits per heavy atom. The van der Waals surface area contributed by atoms with Crippen LogP contribution in [0.4, 0.5) is 11.4 Å². The molecule has 0 saturated heterocycles. The van der Waals surface area contributed by atoms with Gasteiger partial charge in [0.25, 0.3) is 0 Å². The average Bonchev–Trinajstić information content (AvgIpc) is 3.29. The summed E-state index contributed by atoms with van der Waals surface area (Å²) in [7, 11) is 0. The molecule has 0 bridgehead atoms. The number of hydrogen-bond donors (Lipinski definition) is 3. The van der Waals surface area contributed by atoms with Crippen molar-refractivity contribution in [2.75, 3.05) is 10.6 Å². The standard InChI is InChI=1S/C22H12N6O2/c23-9-14-17(26)20(10-24,11-25)22(13-6-2-4-8-16(13)28-19(22)30)21(14)12-5-1-3-7-15(12)27-18(21)29/h1-8H,26H2,(H,27,29)(H,28,30)/t21-,22-/m0/s1. The zero-order valence-corrected chi connectivity index (χ0v) is 15.4. The maximum atomic E-state index is 13.7. The number of carbonyl (C=O) groups excluding carboxylic acids is 2. The largest absolute Gasteiger partial charge is 0.399 e. The number of nitrogens with two attached hydrogens (primary N) is 1. The van der Waals surface area contributed by atoms with E-state index in [0.29, 0.717) is 16.9 Å². The number of fused-ring (bicyclic) bond motifs is 5. The number of carbonyl (C=O) groups is 2. The molecule has 2 spiro atoms. The predicted octanol–water partition coefficient (Wildman–Crippen LogP) is 1.55. The minimum absolute atomic E-state index is 0.264. The van der Waals surface area contributed by atoms with Crippen LogP contribution in [0.5, 0.6) is 0 Å². The number of hydrogen-bond acceptors (Lipinski definition) is 6. The SMILES string of the molecule is N#CC1=C(N)C(C#N)(C#N)[C@]2(C(=O)Nc3ccccc32)[C@]12C(=O)Nc1ccccc12. The van der Waals surface area contributed by atoms with E-state index in [1.807, 2.05) is 18.2 Å². The lowest BCUT2D eigenvalue weighted by Gasteiger charge is -2.42. The van der Waals surface area contributed by atoms with Gasteiger partial charge in [-0.3, -0.25) is 9.59 Å². The lowest BCUT2D eigenvalue weighted by molar-refractivity contribution is -0.132. The summed E-state index contributed by atoms with van der Waals surface area (Å²) in [6.45, 7) is 0. The highest BCUT2D eigenvalue weighted by molar-refractivity contribution is 6.21. The Bertz CT molecular complexity index is 1340. The first-order valence-corrected chi connectivity index (χ1v) is 9.02. The first-order valence-electron chi connectivity index (χ1n) is 9.02. The summed E-state index contributed by atoms with van der Waals surface area (Å²) in [4.78, 5) is 27.4. The number of benzene rings is 2. The molecule has 2 heterocycles. The van der Waals surface area contributed by atoms with E-state index in [-0.39, 0.29) is 16.8 Å². The van der Waals surface area contributed by atoms with Crippen molar-refractivity contribution in [3.8, 4) is 18.2 Å². The van der Waals surface area contributed by atoms with Gasteiger partial charge in [0.1, 0.15) is 10.8 Å². The Hall–Kier alpha value is -4.61. The van der Waals surface area contributed by atoms with Crippen molar-refractivity contribution in [2.45, 2.75) is 10.8 Å². The fraction of sp³-hybridized carbons (Fsp3) is 0.136. The molecule has 2 aromatic carbocycles. The van der Waals surface area contributed by atoms with Crippen LogP contribution in [0.15, 0.2) is 59.8 Å². The summed E-state index contributed by atoms with van der Waals surface area (Å²) in [5.41, 5.74) is 0.686. The van der Waals surface area contributed by atoms with Gasteiger partial charge < -0.3 is 16.4 Å². The second-order valence-corrected chi connectivity index (χ2v) is 7.37. The highest BCUT2D eigenvalue weighted by Gasteiger charge is 2.83. The van der Waals surface area contributed by atoms with Gasteiger partial charge in [0.2, 0.25) is 17.2 Å². The summed E-state index contributed by atoms with van der Waals surface area (Å²) in [6, 6.07) is 18.9. The predicted molar refractivity (Wildman–Crippen MR) is 104 cm³/mol. The van der Waals surface area contributed by atoms with Crippen molar-refractivity contribution in [1.29, 1.82) is 15.8 Å². The number of anilines is 2. The monoisotopic (exact) mass is 392 g/mol. The average molecular weight is 392 g/mol. The molecule has 0 fully saturated rings. The fourth-order valence-corrected chi connectivity index (χ4v) is 5.40. The third-order valence-electron chi connectivity index (χ3n) is 6.46. The van der Waals surface area contributed by atoms with Crippen LogP contribution in [-0.2, 0) is 20.4 Å². The number of allylic oxidation sites excluding steroid dienone is 1. The molecule has 3 aliphatic rings. The van der Waals surface area contributed by atoms with E-state index < -0.39 is 28.1 Å². The molecule has 0 aromatic heterocycles. The van der Waals surface area contributed by atoms with Crippen LogP contribution < -0.4 is 16.4 Å². The molecular weight excluding hydrogens is 380 g/mol. The van der Waals surface area contributed by atoms with E-state index in [4.69, 9.17) is 5.73 Å². The Balaban J connectivity index is 2.09. The van der Waals surface area contributed by atoms with Crippen molar-refractivity contribution in [2.24, 2.45) is 11.1 Å². The third-order valence-corrected chi connectivity index (χ3v) is 6.46. The lowest BCUT2D eigenvalue weighted by atomic mass is 9.50. The van der Waals surface area contributed by atoms with E-state index in [9.17, 15) is 25.4 Å². The van der Waals surface area contributed by atoms with Gasteiger partial charge in [-0.2, -0.15) is 15.8 Å². The molecule has 8 heteroatoms. The maximum absolute atomic E-state index is 13.7. The number of rotatable bonds is 0. The second kappa shape index (κ2) is 5.26. The number of amides is 2. The zero-order chi connectivity index (χ0) is 21.3. The van der Waals surface area contributed by atoms with Crippen LogP contribution in [0.3, 0.4) is 0 Å². The number of nitriles is 3. The van der Waals surface area contributed by atoms with Gasteiger partial charge in [-0.25, -0.2) is 0 Å². The van der Waals surface area contributed by atoms with Gasteiger partial charge in [0.15, 0.2) is 0 Å². The third kappa shape index (κ3) is 1.40.